The lowest BCUT2D eigenvalue weighted by molar-refractivity contribution is -0.132. The molecule has 0 aliphatic carbocycles. The van der Waals surface area contributed by atoms with Crippen molar-refractivity contribution in [2.75, 3.05) is 33.3 Å². The minimum Gasteiger partial charge on any atom is -0.497 e. The van der Waals surface area contributed by atoms with E-state index < -0.39 is 0 Å². The van der Waals surface area contributed by atoms with E-state index in [0.29, 0.717) is 13.1 Å². The fraction of sp³-hybridized carbons (Fsp3) is 0.304. The van der Waals surface area contributed by atoms with Gasteiger partial charge in [0, 0.05) is 43.7 Å². The normalized spacial score (nSPS) is 14.7. The van der Waals surface area contributed by atoms with Crippen molar-refractivity contribution >= 4 is 17.2 Å². The number of hydrogen-bond donors (Lipinski definition) is 0. The Bertz CT molecular complexity index is 998. The molecule has 0 spiro atoms. The highest BCUT2D eigenvalue weighted by Crippen LogP contribution is 2.26. The third-order valence-corrected chi connectivity index (χ3v) is 6.18. The zero-order chi connectivity index (χ0) is 20.9. The van der Waals surface area contributed by atoms with E-state index in [0.717, 1.165) is 47.2 Å². The summed E-state index contributed by atoms with van der Waals surface area (Å²) in [4.78, 5) is 21.5. The van der Waals surface area contributed by atoms with Crippen LogP contribution < -0.4 is 4.74 Å². The van der Waals surface area contributed by atoms with E-state index in [9.17, 15) is 9.18 Å². The maximum Gasteiger partial charge on any atom is 0.227 e. The lowest BCUT2D eigenvalue weighted by atomic mass is 10.1. The Morgan fingerprint density at radius 1 is 1.13 bits per heavy atom. The van der Waals surface area contributed by atoms with Gasteiger partial charge in [-0.25, -0.2) is 9.37 Å². The molecule has 5 nitrogen and oxygen atoms in total. The van der Waals surface area contributed by atoms with Crippen molar-refractivity contribution in [2.24, 2.45) is 0 Å². The number of piperazine rings is 1. The largest absolute Gasteiger partial charge is 0.497 e. The summed E-state index contributed by atoms with van der Waals surface area (Å²) in [5.74, 6) is 0.582. The van der Waals surface area contributed by atoms with Crippen LogP contribution in [0, 0.1) is 5.82 Å². The van der Waals surface area contributed by atoms with Gasteiger partial charge in [0.15, 0.2) is 0 Å². The Balaban J connectivity index is 1.28. The molecule has 0 saturated carbocycles. The Morgan fingerprint density at radius 3 is 2.60 bits per heavy atom. The van der Waals surface area contributed by atoms with E-state index in [-0.39, 0.29) is 18.1 Å². The van der Waals surface area contributed by atoms with Gasteiger partial charge in [-0.2, -0.15) is 0 Å². The number of methoxy groups -OCH3 is 1. The second-order valence-corrected chi connectivity index (χ2v) is 8.19. The van der Waals surface area contributed by atoms with Crippen LogP contribution in [0.5, 0.6) is 5.75 Å². The number of rotatable bonds is 6. The summed E-state index contributed by atoms with van der Waals surface area (Å²) in [7, 11) is 1.66. The first-order valence-corrected chi connectivity index (χ1v) is 10.8. The predicted octanol–water partition coefficient (Wildman–Crippen LogP) is 3.84. The molecule has 0 atom stereocenters. The van der Waals surface area contributed by atoms with Gasteiger partial charge in [0.2, 0.25) is 5.91 Å². The molecule has 1 saturated heterocycles. The number of halogens is 1. The number of carbonyl (C=O) groups excluding carboxylic acids is 1. The molecule has 1 fully saturated rings. The number of hydrogen-bond acceptors (Lipinski definition) is 5. The van der Waals surface area contributed by atoms with Gasteiger partial charge < -0.3 is 9.64 Å². The third-order valence-electron chi connectivity index (χ3n) is 5.24. The molecular formula is C23H24FN3O2S. The maximum absolute atomic E-state index is 13.3. The van der Waals surface area contributed by atoms with Crippen LogP contribution in [-0.2, 0) is 17.8 Å². The lowest BCUT2D eigenvalue weighted by Gasteiger charge is -2.34. The fourth-order valence-corrected chi connectivity index (χ4v) is 4.38. The molecule has 2 heterocycles. The zero-order valence-electron chi connectivity index (χ0n) is 16.9. The van der Waals surface area contributed by atoms with E-state index >= 15 is 0 Å². The van der Waals surface area contributed by atoms with Crippen LogP contribution in [0.1, 0.15) is 11.3 Å². The van der Waals surface area contributed by atoms with Crippen molar-refractivity contribution in [3.05, 3.63) is 71.0 Å². The minimum absolute atomic E-state index is 0.0516. The number of carbonyl (C=O) groups is 1. The Morgan fingerprint density at radius 2 is 1.90 bits per heavy atom. The van der Waals surface area contributed by atoms with Crippen LogP contribution in [0.25, 0.3) is 10.6 Å². The van der Waals surface area contributed by atoms with Gasteiger partial charge in [0.05, 0.1) is 19.2 Å². The molecule has 1 amide bonds. The Labute approximate surface area is 179 Å². The first kappa shape index (κ1) is 20.5. The highest BCUT2D eigenvalue weighted by Gasteiger charge is 2.22. The third kappa shape index (κ3) is 5.04. The molecule has 3 aromatic rings. The van der Waals surface area contributed by atoms with Crippen molar-refractivity contribution in [2.45, 2.75) is 13.0 Å². The molecule has 0 unspecified atom stereocenters. The van der Waals surface area contributed by atoms with Crippen LogP contribution in [0.3, 0.4) is 0 Å². The smallest absolute Gasteiger partial charge is 0.227 e. The van der Waals surface area contributed by atoms with Gasteiger partial charge in [-0.3, -0.25) is 9.69 Å². The molecule has 1 aliphatic heterocycles. The van der Waals surface area contributed by atoms with Crippen molar-refractivity contribution < 1.29 is 13.9 Å². The van der Waals surface area contributed by atoms with Crippen LogP contribution in [0.2, 0.25) is 0 Å². The highest BCUT2D eigenvalue weighted by molar-refractivity contribution is 7.13. The van der Waals surface area contributed by atoms with Crippen LogP contribution in [0.4, 0.5) is 4.39 Å². The van der Waals surface area contributed by atoms with E-state index in [2.05, 4.69) is 10.3 Å². The molecule has 0 N–H and O–H groups in total. The standard InChI is InChI=1S/C23H24FN3O2S/c1-29-21-7-5-18(6-8-21)23-25-20(16-30-23)15-26-9-11-27(12-10-26)22(28)14-17-3-2-4-19(24)13-17/h2-8,13,16H,9-12,14-15H2,1H3. The topological polar surface area (TPSA) is 45.7 Å². The van der Waals surface area contributed by atoms with Crippen molar-refractivity contribution in [1.82, 2.24) is 14.8 Å². The number of thiazole rings is 1. The average Bonchev–Trinajstić information content (AvgIpc) is 3.23. The Kier molecular flexibility index (Phi) is 6.40. The van der Waals surface area contributed by atoms with Crippen molar-refractivity contribution in [3.63, 3.8) is 0 Å². The second-order valence-electron chi connectivity index (χ2n) is 7.34. The summed E-state index contributed by atoms with van der Waals surface area (Å²) < 4.78 is 18.5. The monoisotopic (exact) mass is 425 g/mol. The van der Waals surface area contributed by atoms with Gasteiger partial charge in [0.25, 0.3) is 0 Å². The van der Waals surface area contributed by atoms with E-state index in [4.69, 9.17) is 9.72 Å². The van der Waals surface area contributed by atoms with E-state index in [1.165, 1.54) is 12.1 Å². The lowest BCUT2D eigenvalue weighted by Crippen LogP contribution is -2.48. The molecule has 0 radical (unpaired) electrons. The second kappa shape index (κ2) is 9.36. The molecule has 0 bridgehead atoms. The highest BCUT2D eigenvalue weighted by atomic mass is 32.1. The zero-order valence-corrected chi connectivity index (χ0v) is 17.7. The molecule has 1 aliphatic rings. The Hall–Kier alpha value is -2.77. The van der Waals surface area contributed by atoms with Crippen LogP contribution in [-0.4, -0.2) is 54.0 Å². The summed E-state index contributed by atoms with van der Waals surface area (Å²) in [6.07, 6.45) is 0.245. The first-order valence-electron chi connectivity index (χ1n) is 9.94. The van der Waals surface area contributed by atoms with Gasteiger partial charge in [0.1, 0.15) is 16.6 Å². The number of amides is 1. The maximum atomic E-state index is 13.3. The molecule has 7 heteroatoms. The molecular weight excluding hydrogens is 401 g/mol. The molecule has 4 rings (SSSR count). The SMILES string of the molecule is COc1ccc(-c2nc(CN3CCN(C(=O)Cc4cccc(F)c4)CC3)cs2)cc1. The quantitative estimate of drug-likeness (QED) is 0.602. The van der Waals surface area contributed by atoms with Gasteiger partial charge in [-0.1, -0.05) is 12.1 Å². The summed E-state index contributed by atoms with van der Waals surface area (Å²) in [6.45, 7) is 3.76. The van der Waals surface area contributed by atoms with Crippen LogP contribution >= 0.6 is 11.3 Å². The predicted molar refractivity (Wildman–Crippen MR) is 116 cm³/mol. The van der Waals surface area contributed by atoms with Gasteiger partial charge in [-0.05, 0) is 42.0 Å². The summed E-state index contributed by atoms with van der Waals surface area (Å²) in [5.41, 5.74) is 2.85. The van der Waals surface area contributed by atoms with Crippen molar-refractivity contribution in [3.8, 4) is 16.3 Å². The van der Waals surface area contributed by atoms with Crippen LogP contribution in [0.15, 0.2) is 53.9 Å². The number of nitrogens with zero attached hydrogens (tertiary/aromatic N) is 3. The van der Waals surface area contributed by atoms with Gasteiger partial charge in [-0.15, -0.1) is 11.3 Å². The summed E-state index contributed by atoms with van der Waals surface area (Å²) >= 11 is 1.64. The summed E-state index contributed by atoms with van der Waals surface area (Å²) in [5, 5.41) is 3.10. The number of aromatic nitrogens is 1. The number of benzene rings is 2. The fourth-order valence-electron chi connectivity index (χ4n) is 3.56. The van der Waals surface area contributed by atoms with Crippen molar-refractivity contribution in [1.29, 1.82) is 0 Å². The summed E-state index contributed by atoms with van der Waals surface area (Å²) in [6, 6.07) is 14.2. The minimum atomic E-state index is -0.303. The molecule has 1 aromatic heterocycles. The molecule has 156 valence electrons. The first-order chi connectivity index (χ1) is 14.6. The number of ether oxygens (including phenoxy) is 1. The van der Waals surface area contributed by atoms with E-state index in [1.807, 2.05) is 29.2 Å². The van der Waals surface area contributed by atoms with Gasteiger partial charge >= 0.3 is 0 Å². The molecule has 30 heavy (non-hydrogen) atoms. The van der Waals surface area contributed by atoms with E-state index in [1.54, 1.807) is 30.6 Å². The molecule has 2 aromatic carbocycles. The average molecular weight is 426 g/mol.